The number of hydrogen-bond acceptors (Lipinski definition) is 3. The molecule has 2 saturated carbocycles. The molecule has 5 rings (SSSR count). The van der Waals surface area contributed by atoms with Crippen LogP contribution in [0.3, 0.4) is 0 Å². The average molecular weight is 537 g/mol. The molecule has 3 aromatic carbocycles. The molecular weight excluding hydrogens is 504 g/mol. The molecule has 3 N–H and O–H groups in total. The molecule has 5 nitrogen and oxygen atoms in total. The summed E-state index contributed by atoms with van der Waals surface area (Å²) in [5, 5.41) is 13.1. The summed E-state index contributed by atoms with van der Waals surface area (Å²) in [4.78, 5) is 12.0. The first kappa shape index (κ1) is 25.8. The summed E-state index contributed by atoms with van der Waals surface area (Å²) < 4.78 is 16.1. The lowest BCUT2D eigenvalue weighted by molar-refractivity contribution is 0.0698. The number of para-hydroxylation sites is 1. The molecule has 2 bridgehead atoms. The molecule has 0 heterocycles. The third-order valence-corrected chi connectivity index (χ3v) is 9.41. The number of carboxylic acid groups (broad SMARTS) is 1. The van der Waals surface area contributed by atoms with E-state index in [-0.39, 0.29) is 11.0 Å². The highest BCUT2D eigenvalue weighted by Crippen LogP contribution is 2.51. The molecule has 0 aliphatic heterocycles. The minimum atomic E-state index is -1.50. The van der Waals surface area contributed by atoms with Crippen molar-refractivity contribution in [3.8, 4) is 0 Å². The van der Waals surface area contributed by atoms with Gasteiger partial charge in [0.25, 0.3) is 0 Å². The Hall–Kier alpha value is -2.83. The second kappa shape index (κ2) is 10.5. The number of carbonyl (C=O) groups is 1. The number of aromatic carboxylic acids is 1. The van der Waals surface area contributed by atoms with E-state index in [1.165, 1.54) is 37.7 Å². The Morgan fingerprint density at radius 2 is 1.65 bits per heavy atom. The van der Waals surface area contributed by atoms with E-state index in [0.29, 0.717) is 27.0 Å². The Balaban J connectivity index is 1.26. The summed E-state index contributed by atoms with van der Waals surface area (Å²) >= 11 is 6.69. The summed E-state index contributed by atoms with van der Waals surface area (Å²) in [7, 11) is -1.50. The van der Waals surface area contributed by atoms with E-state index < -0.39 is 17.0 Å². The van der Waals surface area contributed by atoms with Crippen molar-refractivity contribution in [2.75, 3.05) is 10.0 Å². The van der Waals surface area contributed by atoms with Crippen molar-refractivity contribution in [2.45, 2.75) is 56.3 Å². The van der Waals surface area contributed by atoms with Gasteiger partial charge in [-0.2, -0.15) is 0 Å². The Bertz CT molecular complexity index is 1310. The Kier molecular flexibility index (Phi) is 7.32. The molecule has 3 aromatic rings. The number of anilines is 3. The van der Waals surface area contributed by atoms with Crippen LogP contribution in [0.15, 0.2) is 71.6 Å². The first-order valence-corrected chi connectivity index (χ1v) is 14.4. The SMILES string of the molecule is CC1CC2CC(C1)CC(C)(c1ccc(NS(=O)c3ccc(Nc4ccccc4C(=O)O)cc3)c(Cl)c1)C2. The van der Waals surface area contributed by atoms with Crippen molar-refractivity contribution in [3.63, 3.8) is 0 Å². The highest BCUT2D eigenvalue weighted by atomic mass is 35.5. The fourth-order valence-electron chi connectivity index (χ4n) is 6.55. The van der Waals surface area contributed by atoms with Gasteiger partial charge in [0.1, 0.15) is 11.0 Å². The van der Waals surface area contributed by atoms with Crippen LogP contribution < -0.4 is 10.0 Å². The second-order valence-corrected chi connectivity index (χ2v) is 12.7. The van der Waals surface area contributed by atoms with Crippen LogP contribution in [0, 0.1) is 17.8 Å². The van der Waals surface area contributed by atoms with Crippen LogP contribution in [0.1, 0.15) is 61.9 Å². The third kappa shape index (κ3) is 5.70. The molecular formula is C30H33ClN2O3S. The number of benzene rings is 3. The van der Waals surface area contributed by atoms with E-state index in [1.54, 1.807) is 48.5 Å². The minimum Gasteiger partial charge on any atom is -0.478 e. The maximum Gasteiger partial charge on any atom is 0.337 e. The number of rotatable bonds is 7. The molecule has 2 aliphatic carbocycles. The number of fused-ring (bicyclic) bond motifs is 2. The molecule has 3 atom stereocenters. The number of carboxylic acids is 1. The standard InChI is InChI=1S/C30H33ClN2O3S/c1-19-13-20-15-21(14-19)18-30(2,17-20)22-7-12-28(26(31)16-22)33-37(36)24-10-8-23(9-11-24)32-27-6-4-3-5-25(27)29(34)35/h3-12,16,19-21,32-33H,13-15,17-18H2,1-2H3,(H,34,35). The Morgan fingerprint density at radius 3 is 2.30 bits per heavy atom. The minimum absolute atomic E-state index is 0.136. The van der Waals surface area contributed by atoms with Crippen LogP contribution in [-0.4, -0.2) is 15.3 Å². The van der Waals surface area contributed by atoms with Gasteiger partial charge < -0.3 is 10.4 Å². The molecule has 3 unspecified atom stereocenters. The van der Waals surface area contributed by atoms with E-state index in [1.807, 2.05) is 6.07 Å². The number of hydrogen-bond donors (Lipinski definition) is 3. The highest BCUT2D eigenvalue weighted by molar-refractivity contribution is 7.86. The molecule has 0 saturated heterocycles. The average Bonchev–Trinajstić information content (AvgIpc) is 2.85. The molecule has 2 fully saturated rings. The van der Waals surface area contributed by atoms with E-state index in [9.17, 15) is 14.1 Å². The predicted molar refractivity (Wildman–Crippen MR) is 151 cm³/mol. The van der Waals surface area contributed by atoms with Gasteiger partial charge >= 0.3 is 5.97 Å². The summed E-state index contributed by atoms with van der Waals surface area (Å²) in [6, 6.07) is 19.9. The van der Waals surface area contributed by atoms with E-state index in [0.717, 1.165) is 17.8 Å². The predicted octanol–water partition coefficient (Wildman–Crippen LogP) is 8.02. The van der Waals surface area contributed by atoms with Gasteiger partial charge in [0.05, 0.1) is 26.9 Å². The maximum absolute atomic E-state index is 13.0. The monoisotopic (exact) mass is 536 g/mol. The van der Waals surface area contributed by atoms with Crippen LogP contribution in [0.5, 0.6) is 0 Å². The smallest absolute Gasteiger partial charge is 0.337 e. The second-order valence-electron chi connectivity index (χ2n) is 11.1. The van der Waals surface area contributed by atoms with Crippen LogP contribution >= 0.6 is 11.6 Å². The van der Waals surface area contributed by atoms with Gasteiger partial charge in [-0.05, 0) is 109 Å². The van der Waals surface area contributed by atoms with Crippen LogP contribution in [-0.2, 0) is 16.4 Å². The van der Waals surface area contributed by atoms with Gasteiger partial charge in [-0.3, -0.25) is 4.72 Å². The van der Waals surface area contributed by atoms with Gasteiger partial charge in [-0.25, -0.2) is 9.00 Å². The normalized spacial score (nSPS) is 25.8. The summed E-state index contributed by atoms with van der Waals surface area (Å²) in [5.41, 5.74) is 3.45. The lowest BCUT2D eigenvalue weighted by atomic mass is 9.57. The van der Waals surface area contributed by atoms with Crippen molar-refractivity contribution in [2.24, 2.45) is 17.8 Å². The Labute approximate surface area is 226 Å². The first-order chi connectivity index (χ1) is 17.7. The zero-order valence-electron chi connectivity index (χ0n) is 21.2. The van der Waals surface area contributed by atoms with Gasteiger partial charge in [-0.1, -0.05) is 43.6 Å². The zero-order valence-corrected chi connectivity index (χ0v) is 22.7. The summed E-state index contributed by atoms with van der Waals surface area (Å²) in [6.07, 6.45) is 6.45. The highest BCUT2D eigenvalue weighted by Gasteiger charge is 2.41. The van der Waals surface area contributed by atoms with Gasteiger partial charge in [-0.15, -0.1) is 0 Å². The van der Waals surface area contributed by atoms with Gasteiger partial charge in [0.15, 0.2) is 0 Å². The number of halogens is 1. The summed E-state index contributed by atoms with van der Waals surface area (Å²) in [6.45, 7) is 4.77. The molecule has 194 valence electrons. The molecule has 0 amide bonds. The maximum atomic E-state index is 13.0. The van der Waals surface area contributed by atoms with Crippen LogP contribution in [0.2, 0.25) is 5.02 Å². The quantitative estimate of drug-likeness (QED) is 0.285. The van der Waals surface area contributed by atoms with Crippen molar-refractivity contribution < 1.29 is 14.1 Å². The Morgan fingerprint density at radius 1 is 0.973 bits per heavy atom. The largest absolute Gasteiger partial charge is 0.478 e. The molecule has 0 radical (unpaired) electrons. The topological polar surface area (TPSA) is 78.4 Å². The lowest BCUT2D eigenvalue weighted by Gasteiger charge is -2.47. The fraction of sp³-hybridized carbons (Fsp3) is 0.367. The molecule has 2 aliphatic rings. The van der Waals surface area contributed by atoms with Crippen molar-refractivity contribution in [1.82, 2.24) is 0 Å². The molecule has 0 aromatic heterocycles. The van der Waals surface area contributed by atoms with Crippen molar-refractivity contribution >= 4 is 45.6 Å². The van der Waals surface area contributed by atoms with Crippen molar-refractivity contribution in [1.29, 1.82) is 0 Å². The van der Waals surface area contributed by atoms with Crippen molar-refractivity contribution in [3.05, 3.63) is 82.9 Å². The van der Waals surface area contributed by atoms with Crippen LogP contribution in [0.4, 0.5) is 17.1 Å². The van der Waals surface area contributed by atoms with E-state index in [2.05, 4.69) is 36.0 Å². The number of nitrogens with one attached hydrogen (secondary N) is 2. The molecule has 7 heteroatoms. The fourth-order valence-corrected chi connectivity index (χ4v) is 7.72. The zero-order chi connectivity index (χ0) is 26.2. The van der Waals surface area contributed by atoms with Gasteiger partial charge in [0.2, 0.25) is 0 Å². The molecule has 0 spiro atoms. The first-order valence-electron chi connectivity index (χ1n) is 12.9. The molecule has 37 heavy (non-hydrogen) atoms. The van der Waals surface area contributed by atoms with Crippen LogP contribution in [0.25, 0.3) is 0 Å². The van der Waals surface area contributed by atoms with E-state index >= 15 is 0 Å². The lowest BCUT2D eigenvalue weighted by Crippen LogP contribution is -2.38. The summed E-state index contributed by atoms with van der Waals surface area (Å²) in [5.74, 6) is 1.44. The van der Waals surface area contributed by atoms with Gasteiger partial charge in [0, 0.05) is 5.69 Å². The third-order valence-electron chi connectivity index (χ3n) is 7.99. The van der Waals surface area contributed by atoms with E-state index in [4.69, 9.17) is 11.6 Å².